The molecule has 0 rings (SSSR count). The fraction of sp³-hybridized carbons (Fsp3) is 0.846. The van der Waals surface area contributed by atoms with E-state index in [4.69, 9.17) is 5.73 Å². The molecule has 0 saturated carbocycles. The van der Waals surface area contributed by atoms with E-state index in [9.17, 15) is 0 Å². The molecule has 0 amide bonds. The smallest absolute Gasteiger partial charge is 0.0109 e. The average Bonchev–Trinajstić information content (AvgIpc) is 2.71. The van der Waals surface area contributed by atoms with Gasteiger partial charge in [0.1, 0.15) is 0 Å². The number of rotatable bonds is 21. The maximum Gasteiger partial charge on any atom is 0.0109 e. The van der Waals surface area contributed by atoms with Gasteiger partial charge >= 0.3 is 0 Å². The second kappa shape index (κ2) is 22.1. The van der Waals surface area contributed by atoms with Crippen LogP contribution < -0.4 is 5.73 Å². The monoisotopic (exact) mass is 407 g/mol. The van der Waals surface area contributed by atoms with Crippen molar-refractivity contribution < 1.29 is 0 Å². The Morgan fingerprint density at radius 3 is 1.93 bits per heavy atom. The number of allylic oxidation sites excluding steroid dienone is 4. The zero-order valence-corrected chi connectivity index (χ0v) is 20.4. The molecule has 29 heavy (non-hydrogen) atoms. The minimum Gasteiger partial charge on any atom is -0.329 e. The van der Waals surface area contributed by atoms with Crippen LogP contribution in [0.3, 0.4) is 0 Å². The highest BCUT2D eigenvalue weighted by Crippen LogP contribution is 2.12. The van der Waals surface area contributed by atoms with Crippen molar-refractivity contribution in [2.24, 2.45) is 5.73 Å². The van der Waals surface area contributed by atoms with Gasteiger partial charge < -0.3 is 15.5 Å². The maximum absolute atomic E-state index is 5.61. The van der Waals surface area contributed by atoms with E-state index < -0.39 is 0 Å². The van der Waals surface area contributed by atoms with E-state index in [0.29, 0.717) is 6.04 Å². The SMILES string of the molecule is CCCCC/C=C\C/C=C\CCCCCCCCC(C)N(C)CCN(C)CCN. The largest absolute Gasteiger partial charge is 0.329 e. The van der Waals surface area contributed by atoms with Crippen molar-refractivity contribution in [2.75, 3.05) is 40.3 Å². The molecular formula is C26H53N3. The Labute approximate surface area is 183 Å². The Bertz CT molecular complexity index is 378. The predicted octanol–water partition coefficient (Wildman–Crippen LogP) is 6.40. The van der Waals surface area contributed by atoms with Crippen molar-refractivity contribution in [1.82, 2.24) is 9.80 Å². The van der Waals surface area contributed by atoms with Gasteiger partial charge in [-0.15, -0.1) is 0 Å². The summed E-state index contributed by atoms with van der Waals surface area (Å²) in [5, 5.41) is 0. The quantitative estimate of drug-likeness (QED) is 0.176. The van der Waals surface area contributed by atoms with Gasteiger partial charge in [0.05, 0.1) is 0 Å². The lowest BCUT2D eigenvalue weighted by molar-refractivity contribution is 0.207. The van der Waals surface area contributed by atoms with Crippen LogP contribution in [0.5, 0.6) is 0 Å². The minimum atomic E-state index is 0.687. The van der Waals surface area contributed by atoms with Gasteiger partial charge in [0, 0.05) is 32.2 Å². The summed E-state index contributed by atoms with van der Waals surface area (Å²) in [6.45, 7) is 8.63. The third-order valence-corrected chi connectivity index (χ3v) is 5.92. The van der Waals surface area contributed by atoms with Gasteiger partial charge in [0.25, 0.3) is 0 Å². The summed E-state index contributed by atoms with van der Waals surface area (Å²) in [5.74, 6) is 0. The van der Waals surface area contributed by atoms with Gasteiger partial charge in [-0.2, -0.15) is 0 Å². The summed E-state index contributed by atoms with van der Waals surface area (Å²) < 4.78 is 0. The normalized spacial score (nSPS) is 13.5. The molecule has 0 bridgehead atoms. The average molecular weight is 408 g/mol. The van der Waals surface area contributed by atoms with Crippen molar-refractivity contribution >= 4 is 0 Å². The Hall–Kier alpha value is -0.640. The van der Waals surface area contributed by atoms with Crippen molar-refractivity contribution in [1.29, 1.82) is 0 Å². The predicted molar refractivity (Wildman–Crippen MR) is 133 cm³/mol. The van der Waals surface area contributed by atoms with Crippen LogP contribution in [0.4, 0.5) is 0 Å². The molecule has 0 fully saturated rings. The first-order valence-electron chi connectivity index (χ1n) is 12.5. The lowest BCUT2D eigenvalue weighted by atomic mass is 10.0. The topological polar surface area (TPSA) is 32.5 Å². The number of hydrogen-bond donors (Lipinski definition) is 1. The van der Waals surface area contributed by atoms with Gasteiger partial charge in [0.15, 0.2) is 0 Å². The number of nitrogens with two attached hydrogens (primary N) is 1. The second-order valence-electron chi connectivity index (χ2n) is 8.79. The van der Waals surface area contributed by atoms with Crippen LogP contribution in [0.1, 0.15) is 97.3 Å². The first-order chi connectivity index (χ1) is 14.1. The number of nitrogens with zero attached hydrogens (tertiary/aromatic N) is 2. The standard InChI is InChI=1S/C26H53N3/c1-5-6-7-8-9-10-11-12-13-14-15-16-17-18-19-20-21-26(2)29(4)25-24-28(3)23-22-27/h9-10,12-13,26H,5-8,11,14-25,27H2,1-4H3/b10-9-,13-12-. The molecule has 0 spiro atoms. The van der Waals surface area contributed by atoms with E-state index in [1.54, 1.807) is 0 Å². The molecule has 1 atom stereocenters. The maximum atomic E-state index is 5.61. The molecule has 0 aliphatic rings. The van der Waals surface area contributed by atoms with Gasteiger partial charge in [-0.3, -0.25) is 0 Å². The van der Waals surface area contributed by atoms with Gasteiger partial charge in [-0.25, -0.2) is 0 Å². The number of hydrogen-bond acceptors (Lipinski definition) is 3. The zero-order valence-electron chi connectivity index (χ0n) is 20.4. The first-order valence-corrected chi connectivity index (χ1v) is 12.5. The molecule has 0 aromatic heterocycles. The Morgan fingerprint density at radius 2 is 1.31 bits per heavy atom. The molecule has 3 heteroatoms. The molecule has 0 saturated heterocycles. The van der Waals surface area contributed by atoms with Crippen LogP contribution in [-0.2, 0) is 0 Å². The van der Waals surface area contributed by atoms with Gasteiger partial charge in [-0.1, -0.05) is 76.2 Å². The van der Waals surface area contributed by atoms with Gasteiger partial charge in [0.2, 0.25) is 0 Å². The molecule has 0 heterocycles. The second-order valence-corrected chi connectivity index (χ2v) is 8.79. The molecule has 0 aliphatic carbocycles. The molecule has 0 radical (unpaired) electrons. The van der Waals surface area contributed by atoms with Crippen molar-refractivity contribution in [3.05, 3.63) is 24.3 Å². The fourth-order valence-corrected chi connectivity index (χ4v) is 3.53. The molecule has 0 aromatic carbocycles. The van der Waals surface area contributed by atoms with E-state index >= 15 is 0 Å². The Balaban J connectivity index is 3.42. The lowest BCUT2D eigenvalue weighted by Crippen LogP contribution is -2.37. The molecule has 172 valence electrons. The van der Waals surface area contributed by atoms with Crippen LogP contribution in [0.15, 0.2) is 24.3 Å². The van der Waals surface area contributed by atoms with Crippen molar-refractivity contribution in [2.45, 2.75) is 103 Å². The van der Waals surface area contributed by atoms with E-state index in [2.05, 4.69) is 62.0 Å². The van der Waals surface area contributed by atoms with E-state index in [0.717, 1.165) is 32.6 Å². The van der Waals surface area contributed by atoms with Gasteiger partial charge in [-0.05, 0) is 59.5 Å². The summed E-state index contributed by atoms with van der Waals surface area (Å²) in [6.07, 6.45) is 26.7. The third-order valence-electron chi connectivity index (χ3n) is 5.92. The zero-order chi connectivity index (χ0) is 21.6. The van der Waals surface area contributed by atoms with Crippen LogP contribution >= 0.6 is 0 Å². The lowest BCUT2D eigenvalue weighted by Gasteiger charge is -2.27. The summed E-state index contributed by atoms with van der Waals surface area (Å²) in [4.78, 5) is 4.82. The Kier molecular flexibility index (Phi) is 21.6. The summed E-state index contributed by atoms with van der Waals surface area (Å²) in [6, 6.07) is 0.687. The molecule has 2 N–H and O–H groups in total. The fourth-order valence-electron chi connectivity index (χ4n) is 3.53. The molecular weight excluding hydrogens is 354 g/mol. The van der Waals surface area contributed by atoms with E-state index in [-0.39, 0.29) is 0 Å². The van der Waals surface area contributed by atoms with E-state index in [1.807, 2.05) is 0 Å². The highest BCUT2D eigenvalue weighted by molar-refractivity contribution is 4.92. The van der Waals surface area contributed by atoms with Crippen molar-refractivity contribution in [3.63, 3.8) is 0 Å². The molecule has 3 nitrogen and oxygen atoms in total. The minimum absolute atomic E-state index is 0.687. The first kappa shape index (κ1) is 28.4. The molecule has 0 aliphatic heterocycles. The van der Waals surface area contributed by atoms with E-state index in [1.165, 1.54) is 77.0 Å². The summed E-state index contributed by atoms with van der Waals surface area (Å²) >= 11 is 0. The third kappa shape index (κ3) is 20.4. The highest BCUT2D eigenvalue weighted by Gasteiger charge is 2.09. The van der Waals surface area contributed by atoms with Crippen LogP contribution in [-0.4, -0.2) is 56.1 Å². The van der Waals surface area contributed by atoms with Crippen molar-refractivity contribution in [3.8, 4) is 0 Å². The molecule has 0 aromatic rings. The number of likely N-dealkylation sites (N-methyl/N-ethyl adjacent to an activating group) is 2. The van der Waals surface area contributed by atoms with Crippen LogP contribution in [0.2, 0.25) is 0 Å². The highest BCUT2D eigenvalue weighted by atomic mass is 15.2. The van der Waals surface area contributed by atoms with Crippen LogP contribution in [0, 0.1) is 0 Å². The summed E-state index contributed by atoms with van der Waals surface area (Å²) in [7, 11) is 4.42. The Morgan fingerprint density at radius 1 is 0.724 bits per heavy atom. The number of unbranched alkanes of at least 4 members (excludes halogenated alkanes) is 9. The van der Waals surface area contributed by atoms with Crippen LogP contribution in [0.25, 0.3) is 0 Å². The molecule has 1 unspecified atom stereocenters. The summed E-state index contributed by atoms with van der Waals surface area (Å²) in [5.41, 5.74) is 5.61.